The lowest BCUT2D eigenvalue weighted by Crippen LogP contribution is -2.13. The van der Waals surface area contributed by atoms with Gasteiger partial charge in [0.05, 0.1) is 0 Å². The molecule has 0 fully saturated rings. The van der Waals surface area contributed by atoms with Gasteiger partial charge < -0.3 is 5.32 Å². The SMILES string of the molecule is CCCNCc1ccc(-c2cc(C)c(C)cc2C)c(C)c1. The average molecular weight is 281 g/mol. The van der Waals surface area contributed by atoms with Crippen LogP contribution in [0.4, 0.5) is 0 Å². The predicted octanol–water partition coefficient (Wildman–Crippen LogP) is 5.09. The first-order chi connectivity index (χ1) is 10.0. The van der Waals surface area contributed by atoms with E-state index in [0.717, 1.165) is 13.1 Å². The molecule has 2 aromatic rings. The maximum absolute atomic E-state index is 3.47. The zero-order valence-electron chi connectivity index (χ0n) is 14.0. The van der Waals surface area contributed by atoms with Crippen molar-refractivity contribution in [3.8, 4) is 11.1 Å². The second kappa shape index (κ2) is 6.91. The van der Waals surface area contributed by atoms with Gasteiger partial charge in [-0.25, -0.2) is 0 Å². The fraction of sp³-hybridized carbons (Fsp3) is 0.400. The fourth-order valence-corrected chi connectivity index (χ4v) is 2.80. The number of hydrogen-bond acceptors (Lipinski definition) is 1. The molecule has 0 aliphatic heterocycles. The molecule has 112 valence electrons. The van der Waals surface area contributed by atoms with Crippen molar-refractivity contribution in [1.82, 2.24) is 5.32 Å². The Morgan fingerprint density at radius 3 is 2.10 bits per heavy atom. The lowest BCUT2D eigenvalue weighted by molar-refractivity contribution is 0.675. The van der Waals surface area contributed by atoms with E-state index in [-0.39, 0.29) is 0 Å². The van der Waals surface area contributed by atoms with Crippen molar-refractivity contribution in [2.24, 2.45) is 0 Å². The van der Waals surface area contributed by atoms with Crippen LogP contribution >= 0.6 is 0 Å². The Bertz CT molecular complexity index is 626. The highest BCUT2D eigenvalue weighted by Crippen LogP contribution is 2.29. The zero-order chi connectivity index (χ0) is 15.4. The Morgan fingerprint density at radius 2 is 1.43 bits per heavy atom. The van der Waals surface area contributed by atoms with Gasteiger partial charge in [-0.05, 0) is 79.6 Å². The van der Waals surface area contributed by atoms with E-state index < -0.39 is 0 Å². The third-order valence-electron chi connectivity index (χ3n) is 4.18. The lowest BCUT2D eigenvalue weighted by Gasteiger charge is -2.14. The van der Waals surface area contributed by atoms with Gasteiger partial charge in [-0.15, -0.1) is 0 Å². The highest BCUT2D eigenvalue weighted by molar-refractivity contribution is 5.72. The van der Waals surface area contributed by atoms with Crippen molar-refractivity contribution in [2.75, 3.05) is 6.54 Å². The molecule has 0 unspecified atom stereocenters. The Kier molecular flexibility index (Phi) is 5.19. The number of hydrogen-bond donors (Lipinski definition) is 1. The van der Waals surface area contributed by atoms with Gasteiger partial charge in [0, 0.05) is 6.54 Å². The van der Waals surface area contributed by atoms with Crippen LogP contribution in [0, 0.1) is 27.7 Å². The molecule has 1 N–H and O–H groups in total. The predicted molar refractivity (Wildman–Crippen MR) is 92.8 cm³/mol. The third kappa shape index (κ3) is 3.74. The molecule has 0 aliphatic carbocycles. The highest BCUT2D eigenvalue weighted by atomic mass is 14.8. The molecule has 1 heteroatoms. The van der Waals surface area contributed by atoms with E-state index in [0.29, 0.717) is 0 Å². The molecule has 0 heterocycles. The molecular formula is C20H27N. The van der Waals surface area contributed by atoms with Crippen LogP contribution in [-0.4, -0.2) is 6.54 Å². The summed E-state index contributed by atoms with van der Waals surface area (Å²) in [5.74, 6) is 0. The highest BCUT2D eigenvalue weighted by Gasteiger charge is 2.08. The van der Waals surface area contributed by atoms with E-state index in [4.69, 9.17) is 0 Å². The van der Waals surface area contributed by atoms with Crippen LogP contribution in [0.2, 0.25) is 0 Å². The largest absolute Gasteiger partial charge is 0.313 e. The molecule has 0 aliphatic rings. The Hall–Kier alpha value is -1.60. The molecule has 0 saturated heterocycles. The molecule has 0 radical (unpaired) electrons. The minimum absolute atomic E-state index is 0.959. The second-order valence-corrected chi connectivity index (χ2v) is 6.08. The summed E-state index contributed by atoms with van der Waals surface area (Å²) in [6.45, 7) is 13.0. The standard InChI is InChI=1S/C20H27N/c1-6-9-21-13-18-7-8-19(17(5)11-18)20-12-15(3)14(2)10-16(20)4/h7-8,10-12,21H,6,9,13H2,1-5H3. The molecule has 2 aromatic carbocycles. The van der Waals surface area contributed by atoms with Crippen LogP contribution in [-0.2, 0) is 6.54 Å². The van der Waals surface area contributed by atoms with Crippen LogP contribution in [0.1, 0.15) is 41.2 Å². The van der Waals surface area contributed by atoms with Crippen LogP contribution < -0.4 is 5.32 Å². The van der Waals surface area contributed by atoms with E-state index >= 15 is 0 Å². The Labute approximate surface area is 129 Å². The number of nitrogens with one attached hydrogen (secondary N) is 1. The summed E-state index contributed by atoms with van der Waals surface area (Å²) in [6.07, 6.45) is 1.18. The van der Waals surface area contributed by atoms with Gasteiger partial charge in [-0.3, -0.25) is 0 Å². The van der Waals surface area contributed by atoms with Gasteiger partial charge in [0.25, 0.3) is 0 Å². The Morgan fingerprint density at radius 1 is 0.762 bits per heavy atom. The average Bonchev–Trinajstić information content (AvgIpc) is 2.44. The minimum atomic E-state index is 0.959. The van der Waals surface area contributed by atoms with Crippen molar-refractivity contribution < 1.29 is 0 Å². The normalized spacial score (nSPS) is 10.9. The van der Waals surface area contributed by atoms with E-state index in [1.54, 1.807) is 0 Å². The van der Waals surface area contributed by atoms with Crippen LogP contribution in [0.3, 0.4) is 0 Å². The first-order valence-electron chi connectivity index (χ1n) is 7.91. The van der Waals surface area contributed by atoms with Gasteiger partial charge in [-0.2, -0.15) is 0 Å². The second-order valence-electron chi connectivity index (χ2n) is 6.08. The first-order valence-corrected chi connectivity index (χ1v) is 7.91. The van der Waals surface area contributed by atoms with Gasteiger partial charge in [-0.1, -0.05) is 37.3 Å². The fourth-order valence-electron chi connectivity index (χ4n) is 2.80. The quantitative estimate of drug-likeness (QED) is 0.753. The first kappa shape index (κ1) is 15.8. The third-order valence-corrected chi connectivity index (χ3v) is 4.18. The van der Waals surface area contributed by atoms with Crippen molar-refractivity contribution in [2.45, 2.75) is 47.6 Å². The van der Waals surface area contributed by atoms with Gasteiger partial charge >= 0.3 is 0 Å². The van der Waals surface area contributed by atoms with Gasteiger partial charge in [0.2, 0.25) is 0 Å². The summed E-state index contributed by atoms with van der Waals surface area (Å²) in [6, 6.07) is 11.4. The van der Waals surface area contributed by atoms with Crippen molar-refractivity contribution in [1.29, 1.82) is 0 Å². The molecule has 0 bridgehead atoms. The van der Waals surface area contributed by atoms with E-state index in [1.165, 1.54) is 45.4 Å². The van der Waals surface area contributed by atoms with Crippen LogP contribution in [0.15, 0.2) is 30.3 Å². The van der Waals surface area contributed by atoms with Crippen LogP contribution in [0.5, 0.6) is 0 Å². The molecule has 2 rings (SSSR count). The van der Waals surface area contributed by atoms with Gasteiger partial charge in [0.15, 0.2) is 0 Å². The monoisotopic (exact) mass is 281 g/mol. The summed E-state index contributed by atoms with van der Waals surface area (Å²) in [4.78, 5) is 0. The van der Waals surface area contributed by atoms with Crippen LogP contribution in [0.25, 0.3) is 11.1 Å². The topological polar surface area (TPSA) is 12.0 Å². The number of benzene rings is 2. The van der Waals surface area contributed by atoms with Crippen molar-refractivity contribution >= 4 is 0 Å². The molecule has 1 nitrogen and oxygen atoms in total. The van der Waals surface area contributed by atoms with Crippen molar-refractivity contribution in [3.63, 3.8) is 0 Å². The van der Waals surface area contributed by atoms with Crippen molar-refractivity contribution in [3.05, 3.63) is 58.1 Å². The molecule has 0 amide bonds. The van der Waals surface area contributed by atoms with Gasteiger partial charge in [0.1, 0.15) is 0 Å². The molecule has 0 atom stereocenters. The molecule has 0 saturated carbocycles. The smallest absolute Gasteiger partial charge is 0.0205 e. The molecule has 0 aromatic heterocycles. The maximum atomic E-state index is 3.47. The van der Waals surface area contributed by atoms with E-state index in [9.17, 15) is 0 Å². The maximum Gasteiger partial charge on any atom is 0.0205 e. The zero-order valence-corrected chi connectivity index (χ0v) is 14.0. The lowest BCUT2D eigenvalue weighted by atomic mass is 9.92. The summed E-state index contributed by atoms with van der Waals surface area (Å²) in [5.41, 5.74) is 9.54. The summed E-state index contributed by atoms with van der Waals surface area (Å²) < 4.78 is 0. The number of aryl methyl sites for hydroxylation is 4. The Balaban J connectivity index is 2.31. The molecule has 0 spiro atoms. The minimum Gasteiger partial charge on any atom is -0.313 e. The summed E-state index contributed by atoms with van der Waals surface area (Å²) >= 11 is 0. The molecule has 21 heavy (non-hydrogen) atoms. The molecular weight excluding hydrogens is 254 g/mol. The number of rotatable bonds is 5. The summed E-state index contributed by atoms with van der Waals surface area (Å²) in [7, 11) is 0. The van der Waals surface area contributed by atoms with E-state index in [2.05, 4.69) is 70.3 Å². The summed E-state index contributed by atoms with van der Waals surface area (Å²) in [5, 5.41) is 3.47. The van der Waals surface area contributed by atoms with E-state index in [1.807, 2.05) is 0 Å².